The van der Waals surface area contributed by atoms with E-state index in [9.17, 15) is 8.78 Å². The van der Waals surface area contributed by atoms with Gasteiger partial charge in [-0.1, -0.05) is 0 Å². The Hall–Kier alpha value is -0.510. The molecule has 0 fully saturated rings. The van der Waals surface area contributed by atoms with Gasteiger partial charge in [0.1, 0.15) is 5.97 Å². The van der Waals surface area contributed by atoms with E-state index in [4.69, 9.17) is 5.48 Å². The molecule has 1 heterocycles. The maximum atomic E-state index is 12.6. The minimum Gasteiger partial charge on any atom is -0.249 e. The SMILES string of the molecule is [2H]c1nc(Br)c([2H])c([2H])c1C([2H])(F)F. The van der Waals surface area contributed by atoms with E-state index in [1.165, 1.54) is 0 Å². The predicted octanol–water partition coefficient (Wildman–Crippen LogP) is 2.78. The first-order chi connectivity index (χ1) is 6.25. The highest BCUT2D eigenvalue weighted by molar-refractivity contribution is 9.10. The van der Waals surface area contributed by atoms with Crippen LogP contribution < -0.4 is 0 Å². The predicted molar refractivity (Wildman–Crippen MR) is 36.9 cm³/mol. The largest absolute Gasteiger partial charge is 0.265 e. The molecule has 0 radical (unpaired) electrons. The number of alkyl halides is 2. The fourth-order valence-corrected chi connectivity index (χ4v) is 0.552. The summed E-state index contributed by atoms with van der Waals surface area (Å²) in [5.74, 6) is 0. The third-order valence-corrected chi connectivity index (χ3v) is 1.12. The molecule has 1 aromatic heterocycles. The zero-order valence-corrected chi connectivity index (χ0v) is 6.17. The number of hydrogen-bond acceptors (Lipinski definition) is 1. The van der Waals surface area contributed by atoms with Crippen molar-refractivity contribution in [3.63, 3.8) is 0 Å². The van der Waals surface area contributed by atoms with Crippen molar-refractivity contribution in [2.45, 2.75) is 6.40 Å². The molecule has 0 aliphatic rings. The van der Waals surface area contributed by atoms with Crippen LogP contribution in [0.15, 0.2) is 22.9 Å². The minimum absolute atomic E-state index is 0.152. The van der Waals surface area contributed by atoms with Crippen LogP contribution in [0, 0.1) is 0 Å². The summed E-state index contributed by atoms with van der Waals surface area (Å²) in [7, 11) is 0. The summed E-state index contributed by atoms with van der Waals surface area (Å²) in [6.45, 7) is 0. The molecule has 0 saturated heterocycles. The Balaban J connectivity index is 3.53. The average molecular weight is 212 g/mol. The standard InChI is InChI=1S/C6H4BrF2N/c7-5-2-1-4(3-10-5)6(8)9/h1-3,6H/i1D,2D,3D,6D. The van der Waals surface area contributed by atoms with Crippen LogP contribution in [0.2, 0.25) is 0 Å². The molecular weight excluding hydrogens is 204 g/mol. The molecule has 0 unspecified atom stereocenters. The number of hydrogen-bond donors (Lipinski definition) is 0. The summed E-state index contributed by atoms with van der Waals surface area (Å²) < 4.78 is 52.8. The fraction of sp³-hybridized carbons (Fsp3) is 0.167. The number of aromatic nitrogens is 1. The lowest BCUT2D eigenvalue weighted by Crippen LogP contribution is -1.84. The van der Waals surface area contributed by atoms with Gasteiger partial charge in [-0.2, -0.15) is 0 Å². The molecule has 0 amide bonds. The molecule has 0 aliphatic carbocycles. The Bertz CT molecular complexity index is 379. The van der Waals surface area contributed by atoms with E-state index in [2.05, 4.69) is 20.9 Å². The summed E-state index contributed by atoms with van der Waals surface area (Å²) in [6.07, 6.45) is -4.93. The molecule has 1 aromatic rings. The highest BCUT2D eigenvalue weighted by Gasteiger charge is 2.05. The van der Waals surface area contributed by atoms with E-state index in [0.29, 0.717) is 0 Å². The molecule has 1 nitrogen and oxygen atoms in total. The Labute approximate surface area is 70.8 Å². The number of halogens is 3. The van der Waals surface area contributed by atoms with Crippen LogP contribution in [-0.4, -0.2) is 4.98 Å². The van der Waals surface area contributed by atoms with Crippen molar-refractivity contribution < 1.29 is 14.3 Å². The van der Waals surface area contributed by atoms with Crippen LogP contribution in [0.5, 0.6) is 0 Å². The maximum Gasteiger partial charge on any atom is 0.265 e. The van der Waals surface area contributed by atoms with Crippen LogP contribution in [0.4, 0.5) is 8.78 Å². The smallest absolute Gasteiger partial charge is 0.249 e. The second-order valence-electron chi connectivity index (χ2n) is 1.40. The zero-order chi connectivity index (χ0) is 11.1. The van der Waals surface area contributed by atoms with Gasteiger partial charge < -0.3 is 0 Å². The van der Waals surface area contributed by atoms with Crippen LogP contribution in [0.25, 0.3) is 0 Å². The van der Waals surface area contributed by atoms with Crippen LogP contribution in [0.1, 0.15) is 17.4 Å². The van der Waals surface area contributed by atoms with Crippen molar-refractivity contribution in [3.8, 4) is 0 Å². The van der Waals surface area contributed by atoms with Crippen LogP contribution in [0.3, 0.4) is 0 Å². The molecule has 54 valence electrons. The zero-order valence-electron chi connectivity index (χ0n) is 8.58. The highest BCUT2D eigenvalue weighted by Crippen LogP contribution is 2.18. The lowest BCUT2D eigenvalue weighted by Gasteiger charge is -1.96. The van der Waals surface area contributed by atoms with Gasteiger partial charge in [-0.3, -0.25) is 0 Å². The van der Waals surface area contributed by atoms with Crippen LogP contribution >= 0.6 is 15.9 Å². The Morgan fingerprint density at radius 1 is 1.70 bits per heavy atom. The van der Waals surface area contributed by atoms with E-state index in [0.717, 1.165) is 0 Å². The van der Waals surface area contributed by atoms with Gasteiger partial charge in [-0.05, 0) is 28.0 Å². The summed E-state index contributed by atoms with van der Waals surface area (Å²) >= 11 is 2.75. The van der Waals surface area contributed by atoms with Crippen molar-refractivity contribution >= 4 is 15.9 Å². The van der Waals surface area contributed by atoms with Gasteiger partial charge in [-0.25, -0.2) is 13.8 Å². The first kappa shape index (κ1) is 3.76. The van der Waals surface area contributed by atoms with Gasteiger partial charge >= 0.3 is 0 Å². The summed E-state index contributed by atoms with van der Waals surface area (Å²) in [5, 5.41) is 0. The molecule has 1 rings (SSSR count). The maximum absolute atomic E-state index is 12.6. The molecule has 0 saturated carbocycles. The number of pyridine rings is 1. The third-order valence-electron chi connectivity index (χ3n) is 0.745. The second-order valence-corrected chi connectivity index (χ2v) is 2.15. The van der Waals surface area contributed by atoms with Crippen molar-refractivity contribution in [1.82, 2.24) is 4.98 Å². The monoisotopic (exact) mass is 211 g/mol. The molecule has 0 bridgehead atoms. The quantitative estimate of drug-likeness (QED) is 0.652. The minimum atomic E-state index is -4.07. The highest BCUT2D eigenvalue weighted by atomic mass is 79.9. The molecular formula is C6H4BrF2N. The normalized spacial score (nSPS) is 17.1. The van der Waals surface area contributed by atoms with Gasteiger partial charge in [0.15, 0.2) is 0 Å². The molecule has 0 aromatic carbocycles. The molecule has 0 atom stereocenters. The lowest BCUT2D eigenvalue weighted by molar-refractivity contribution is 0.151. The Morgan fingerprint density at radius 3 is 3.00 bits per heavy atom. The van der Waals surface area contributed by atoms with Gasteiger partial charge in [0, 0.05) is 11.7 Å². The van der Waals surface area contributed by atoms with Gasteiger partial charge in [0.2, 0.25) is 0 Å². The molecule has 0 N–H and O–H groups in total. The van der Waals surface area contributed by atoms with Crippen LogP contribution in [-0.2, 0) is 0 Å². The van der Waals surface area contributed by atoms with Crippen molar-refractivity contribution in [2.24, 2.45) is 0 Å². The summed E-state index contributed by atoms with van der Waals surface area (Å²) in [5.41, 5.74) is -1.15. The summed E-state index contributed by atoms with van der Waals surface area (Å²) in [4.78, 5) is 3.28. The Morgan fingerprint density at radius 2 is 2.40 bits per heavy atom. The lowest BCUT2D eigenvalue weighted by atomic mass is 10.3. The first-order valence-corrected chi connectivity index (χ1v) is 3.06. The van der Waals surface area contributed by atoms with E-state index in [-0.39, 0.29) is 4.60 Å². The van der Waals surface area contributed by atoms with E-state index >= 15 is 0 Å². The van der Waals surface area contributed by atoms with E-state index in [1.54, 1.807) is 0 Å². The first-order valence-electron chi connectivity index (χ1n) is 4.26. The average Bonchev–Trinajstić information content (AvgIpc) is 1.97. The third kappa shape index (κ3) is 1.73. The molecule has 0 aliphatic heterocycles. The van der Waals surface area contributed by atoms with Crippen molar-refractivity contribution in [3.05, 3.63) is 28.4 Å². The van der Waals surface area contributed by atoms with Crippen molar-refractivity contribution in [1.29, 1.82) is 0 Å². The Kier molecular flexibility index (Phi) is 1.15. The number of nitrogens with zero attached hydrogens (tertiary/aromatic N) is 1. The number of rotatable bonds is 1. The van der Waals surface area contributed by atoms with Gasteiger partial charge in [0.25, 0.3) is 6.40 Å². The van der Waals surface area contributed by atoms with E-state index in [1.807, 2.05) is 0 Å². The summed E-state index contributed by atoms with van der Waals surface area (Å²) in [6, 6.07) is -1.40. The van der Waals surface area contributed by atoms with E-state index < -0.39 is 30.2 Å². The fourth-order valence-electron chi connectivity index (χ4n) is 0.364. The molecule has 4 heteroatoms. The molecule has 10 heavy (non-hydrogen) atoms. The molecule has 0 spiro atoms. The van der Waals surface area contributed by atoms with Crippen molar-refractivity contribution in [2.75, 3.05) is 0 Å². The van der Waals surface area contributed by atoms with Gasteiger partial charge in [-0.15, -0.1) is 0 Å². The second kappa shape index (κ2) is 3.05. The topological polar surface area (TPSA) is 12.9 Å². The van der Waals surface area contributed by atoms with Gasteiger partial charge in [0.05, 0.1) is 4.11 Å².